The Bertz CT molecular complexity index is 447. The summed E-state index contributed by atoms with van der Waals surface area (Å²) in [6, 6.07) is 5.12. The Hall–Kier alpha value is -1.36. The van der Waals surface area contributed by atoms with Gasteiger partial charge in [0.2, 0.25) is 0 Å². The second kappa shape index (κ2) is 8.04. The summed E-state index contributed by atoms with van der Waals surface area (Å²) in [6.45, 7) is 4.69. The molecular formula is C15H23NO3S. The van der Waals surface area contributed by atoms with Crippen LogP contribution in [0.2, 0.25) is 0 Å². The number of carboxylic acid groups (broad SMARTS) is 1. The van der Waals surface area contributed by atoms with Crippen LogP contribution in [0, 0.1) is 5.92 Å². The van der Waals surface area contributed by atoms with Crippen molar-refractivity contribution in [2.24, 2.45) is 5.92 Å². The molecule has 0 atom stereocenters. The van der Waals surface area contributed by atoms with Crippen molar-refractivity contribution in [3.63, 3.8) is 0 Å². The van der Waals surface area contributed by atoms with Crippen molar-refractivity contribution in [2.75, 3.05) is 24.2 Å². The highest BCUT2D eigenvalue weighted by atomic mass is 32.2. The third-order valence-electron chi connectivity index (χ3n) is 2.96. The number of nitrogens with zero attached hydrogens (tertiary/aromatic N) is 1. The summed E-state index contributed by atoms with van der Waals surface area (Å²) < 4.78 is 7.57. The van der Waals surface area contributed by atoms with Crippen LogP contribution in [0.1, 0.15) is 37.0 Å². The predicted octanol–water partition coefficient (Wildman–Crippen LogP) is 3.91. The number of hydrogen-bond acceptors (Lipinski definition) is 4. The van der Waals surface area contributed by atoms with Crippen LogP contribution in [0.25, 0.3) is 0 Å². The van der Waals surface area contributed by atoms with E-state index in [-0.39, 0.29) is 5.56 Å². The second-order valence-electron chi connectivity index (χ2n) is 4.46. The minimum absolute atomic E-state index is 0.263. The number of carboxylic acids is 1. The average Bonchev–Trinajstić information content (AvgIpc) is 3.30. The van der Waals surface area contributed by atoms with Gasteiger partial charge in [0.1, 0.15) is 5.75 Å². The Kier molecular flexibility index (Phi) is 6.71. The first-order valence-electron chi connectivity index (χ1n) is 6.89. The Labute approximate surface area is 125 Å². The number of aromatic carboxylic acids is 1. The molecule has 5 heteroatoms. The van der Waals surface area contributed by atoms with Gasteiger partial charge in [0.25, 0.3) is 0 Å². The lowest BCUT2D eigenvalue weighted by molar-refractivity contribution is 0.0696. The summed E-state index contributed by atoms with van der Waals surface area (Å²) in [6.07, 6.45) is 4.38. The van der Waals surface area contributed by atoms with Crippen molar-refractivity contribution in [2.45, 2.75) is 26.7 Å². The summed E-state index contributed by atoms with van der Waals surface area (Å²) in [7, 11) is 1.90. The zero-order chi connectivity index (χ0) is 15.1. The molecule has 1 aromatic carbocycles. The van der Waals surface area contributed by atoms with Gasteiger partial charge in [-0.3, -0.25) is 0 Å². The minimum Gasteiger partial charge on any atom is -0.493 e. The van der Waals surface area contributed by atoms with Crippen molar-refractivity contribution in [1.29, 1.82) is 0 Å². The van der Waals surface area contributed by atoms with Crippen molar-refractivity contribution >= 4 is 23.6 Å². The topological polar surface area (TPSA) is 49.8 Å². The van der Waals surface area contributed by atoms with E-state index in [1.807, 2.05) is 37.5 Å². The number of carbonyl (C=O) groups is 1. The molecule has 1 aliphatic carbocycles. The van der Waals surface area contributed by atoms with Crippen LogP contribution >= 0.6 is 11.9 Å². The highest BCUT2D eigenvalue weighted by Crippen LogP contribution is 2.31. The lowest BCUT2D eigenvalue weighted by atomic mass is 10.2. The number of anilines is 1. The molecule has 0 unspecified atom stereocenters. The molecule has 1 N–H and O–H groups in total. The van der Waals surface area contributed by atoms with E-state index in [0.29, 0.717) is 18.3 Å². The van der Waals surface area contributed by atoms with Crippen LogP contribution in [-0.4, -0.2) is 31.0 Å². The third-order valence-corrected chi connectivity index (χ3v) is 3.72. The van der Waals surface area contributed by atoms with Crippen molar-refractivity contribution in [3.05, 3.63) is 23.8 Å². The van der Waals surface area contributed by atoms with Gasteiger partial charge in [-0.25, -0.2) is 4.79 Å². The molecular weight excluding hydrogens is 274 g/mol. The van der Waals surface area contributed by atoms with Crippen LogP contribution in [0.4, 0.5) is 5.69 Å². The molecule has 0 aromatic heterocycles. The highest BCUT2D eigenvalue weighted by molar-refractivity contribution is 7.99. The van der Waals surface area contributed by atoms with E-state index in [9.17, 15) is 4.79 Å². The second-order valence-corrected chi connectivity index (χ2v) is 5.37. The van der Waals surface area contributed by atoms with Gasteiger partial charge in [-0.1, -0.05) is 25.8 Å². The molecule has 0 heterocycles. The van der Waals surface area contributed by atoms with Crippen LogP contribution in [0.15, 0.2) is 18.2 Å². The molecule has 4 nitrogen and oxygen atoms in total. The van der Waals surface area contributed by atoms with E-state index in [1.165, 1.54) is 24.8 Å². The molecule has 0 aliphatic heterocycles. The maximum atomic E-state index is 11.1. The SMILES string of the molecule is CC.CSN(C)c1cc(OCC2CC2)cc(C(=O)O)c1. The average molecular weight is 297 g/mol. The summed E-state index contributed by atoms with van der Waals surface area (Å²) in [5.41, 5.74) is 1.10. The molecule has 1 fully saturated rings. The monoisotopic (exact) mass is 297 g/mol. The quantitative estimate of drug-likeness (QED) is 0.807. The zero-order valence-electron chi connectivity index (χ0n) is 12.5. The zero-order valence-corrected chi connectivity index (χ0v) is 13.4. The molecule has 1 aromatic rings. The van der Waals surface area contributed by atoms with Gasteiger partial charge in [0.05, 0.1) is 17.9 Å². The van der Waals surface area contributed by atoms with Gasteiger partial charge >= 0.3 is 5.97 Å². The molecule has 112 valence electrons. The maximum Gasteiger partial charge on any atom is 0.335 e. The van der Waals surface area contributed by atoms with E-state index >= 15 is 0 Å². The Morgan fingerprint density at radius 2 is 2.05 bits per heavy atom. The standard InChI is InChI=1S/C13H17NO3S.C2H6/c1-14(18-2)11-5-10(13(15)16)6-12(7-11)17-8-9-3-4-9;1-2/h5-7,9H,3-4,8H2,1-2H3,(H,15,16);1-2H3. The number of benzene rings is 1. The van der Waals surface area contributed by atoms with Crippen molar-refractivity contribution in [1.82, 2.24) is 0 Å². The smallest absolute Gasteiger partial charge is 0.335 e. The first-order valence-corrected chi connectivity index (χ1v) is 8.07. The Morgan fingerprint density at radius 3 is 2.55 bits per heavy atom. The molecule has 0 spiro atoms. The molecule has 2 rings (SSSR count). The van der Waals surface area contributed by atoms with Gasteiger partial charge in [0, 0.05) is 19.4 Å². The highest BCUT2D eigenvalue weighted by Gasteiger charge is 2.22. The van der Waals surface area contributed by atoms with Crippen LogP contribution in [-0.2, 0) is 0 Å². The van der Waals surface area contributed by atoms with E-state index < -0.39 is 5.97 Å². The molecule has 20 heavy (non-hydrogen) atoms. The number of rotatable bonds is 6. The normalized spacial score (nSPS) is 13.2. The summed E-state index contributed by atoms with van der Waals surface area (Å²) >= 11 is 1.53. The van der Waals surface area contributed by atoms with E-state index in [1.54, 1.807) is 12.1 Å². The third kappa shape index (κ3) is 4.96. The minimum atomic E-state index is -0.928. The fourth-order valence-corrected chi connectivity index (χ4v) is 1.89. The first kappa shape index (κ1) is 16.7. The molecule has 1 aliphatic rings. The Balaban J connectivity index is 0.000000956. The van der Waals surface area contributed by atoms with Gasteiger partial charge < -0.3 is 14.1 Å². The molecule has 0 saturated heterocycles. The first-order chi connectivity index (χ1) is 9.60. The van der Waals surface area contributed by atoms with Gasteiger partial charge in [-0.15, -0.1) is 0 Å². The van der Waals surface area contributed by atoms with Gasteiger partial charge in [-0.2, -0.15) is 0 Å². The predicted molar refractivity (Wildman–Crippen MR) is 84.9 cm³/mol. The summed E-state index contributed by atoms with van der Waals surface area (Å²) in [5.74, 6) is 0.362. The van der Waals surface area contributed by atoms with Crippen LogP contribution in [0.5, 0.6) is 5.75 Å². The lowest BCUT2D eigenvalue weighted by Crippen LogP contribution is -2.08. The fraction of sp³-hybridized carbons (Fsp3) is 0.533. The molecule has 0 bridgehead atoms. The molecule has 0 amide bonds. The van der Waals surface area contributed by atoms with Crippen molar-refractivity contribution < 1.29 is 14.6 Å². The molecule has 1 saturated carbocycles. The van der Waals surface area contributed by atoms with Gasteiger partial charge in [0.15, 0.2) is 0 Å². The van der Waals surface area contributed by atoms with E-state index in [2.05, 4.69) is 0 Å². The number of ether oxygens (including phenoxy) is 1. The van der Waals surface area contributed by atoms with Crippen LogP contribution < -0.4 is 9.04 Å². The van der Waals surface area contributed by atoms with E-state index in [0.717, 1.165) is 5.69 Å². The largest absolute Gasteiger partial charge is 0.493 e. The fourth-order valence-electron chi connectivity index (χ4n) is 1.58. The maximum absolute atomic E-state index is 11.1. The van der Waals surface area contributed by atoms with Crippen LogP contribution in [0.3, 0.4) is 0 Å². The number of hydrogen-bond donors (Lipinski definition) is 1. The lowest BCUT2D eigenvalue weighted by Gasteiger charge is -2.17. The summed E-state index contributed by atoms with van der Waals surface area (Å²) in [4.78, 5) is 11.1. The van der Waals surface area contributed by atoms with E-state index in [4.69, 9.17) is 9.84 Å². The van der Waals surface area contributed by atoms with Crippen molar-refractivity contribution in [3.8, 4) is 5.75 Å². The van der Waals surface area contributed by atoms with Gasteiger partial charge in [-0.05, 0) is 30.9 Å². The Morgan fingerprint density at radius 1 is 1.40 bits per heavy atom. The summed E-state index contributed by atoms with van der Waals surface area (Å²) in [5, 5.41) is 9.10. The molecule has 0 radical (unpaired) electrons.